The van der Waals surface area contributed by atoms with Crippen LogP contribution in [0.2, 0.25) is 0 Å². The maximum Gasteiger partial charge on any atom is 0.264 e. The van der Waals surface area contributed by atoms with Crippen molar-refractivity contribution in [2.24, 2.45) is 0 Å². The van der Waals surface area contributed by atoms with Gasteiger partial charge in [0.05, 0.1) is 4.90 Å². The number of anilines is 1. The highest BCUT2D eigenvalue weighted by Gasteiger charge is 2.16. The number of hydrogen-bond donors (Lipinski definition) is 2. The highest BCUT2D eigenvalue weighted by molar-refractivity contribution is 9.10. The van der Waals surface area contributed by atoms with Crippen molar-refractivity contribution in [3.63, 3.8) is 0 Å². The SMILES string of the molecule is Cc1nc(NS(=O)(=O)c2cccc(Br)c2)n[nH]1. The van der Waals surface area contributed by atoms with E-state index in [-0.39, 0.29) is 10.8 Å². The molecule has 17 heavy (non-hydrogen) atoms. The summed E-state index contributed by atoms with van der Waals surface area (Å²) in [7, 11) is -3.65. The van der Waals surface area contributed by atoms with Gasteiger partial charge in [-0.05, 0) is 25.1 Å². The Bertz CT molecular complexity index is 638. The molecule has 0 amide bonds. The second-order valence-corrected chi connectivity index (χ2v) is 5.91. The second kappa shape index (κ2) is 4.46. The molecular weight excluding hydrogens is 308 g/mol. The molecule has 1 aromatic heterocycles. The molecule has 0 radical (unpaired) electrons. The molecule has 2 aromatic rings. The Morgan fingerprint density at radius 3 is 2.76 bits per heavy atom. The molecule has 0 saturated heterocycles. The van der Waals surface area contributed by atoms with E-state index >= 15 is 0 Å². The van der Waals surface area contributed by atoms with Crippen LogP contribution in [0.3, 0.4) is 0 Å². The van der Waals surface area contributed by atoms with E-state index in [0.29, 0.717) is 10.3 Å². The summed E-state index contributed by atoms with van der Waals surface area (Å²) < 4.78 is 26.8. The van der Waals surface area contributed by atoms with Crippen molar-refractivity contribution in [3.05, 3.63) is 34.6 Å². The van der Waals surface area contributed by atoms with Gasteiger partial charge >= 0.3 is 0 Å². The van der Waals surface area contributed by atoms with Crippen molar-refractivity contribution in [2.75, 3.05) is 4.72 Å². The average molecular weight is 317 g/mol. The highest BCUT2D eigenvalue weighted by Crippen LogP contribution is 2.17. The Balaban J connectivity index is 2.31. The molecule has 2 rings (SSSR count). The summed E-state index contributed by atoms with van der Waals surface area (Å²) in [5, 5.41) is 6.27. The third kappa shape index (κ3) is 2.83. The quantitative estimate of drug-likeness (QED) is 0.901. The first-order valence-corrected chi connectivity index (χ1v) is 6.92. The molecule has 8 heteroatoms. The lowest BCUT2D eigenvalue weighted by Gasteiger charge is -2.04. The number of benzene rings is 1. The topological polar surface area (TPSA) is 87.7 Å². The van der Waals surface area contributed by atoms with E-state index in [1.165, 1.54) is 12.1 Å². The molecule has 0 aliphatic carbocycles. The normalized spacial score (nSPS) is 11.4. The van der Waals surface area contributed by atoms with Gasteiger partial charge in [-0.2, -0.15) is 4.98 Å². The van der Waals surface area contributed by atoms with Crippen LogP contribution >= 0.6 is 15.9 Å². The lowest BCUT2D eigenvalue weighted by Crippen LogP contribution is -2.13. The Morgan fingerprint density at radius 1 is 1.41 bits per heavy atom. The molecule has 1 aromatic carbocycles. The van der Waals surface area contributed by atoms with Crippen LogP contribution in [0.15, 0.2) is 33.6 Å². The van der Waals surface area contributed by atoms with Gasteiger partial charge < -0.3 is 0 Å². The number of aromatic amines is 1. The zero-order chi connectivity index (χ0) is 12.5. The molecule has 0 bridgehead atoms. The van der Waals surface area contributed by atoms with Gasteiger partial charge in [0.2, 0.25) is 0 Å². The minimum absolute atomic E-state index is 0.0301. The standard InChI is InChI=1S/C9H9BrN4O2S/c1-6-11-9(13-12-6)14-17(15,16)8-4-2-3-7(10)5-8/h2-5H,1H3,(H2,11,12,13,14). The number of hydrogen-bond acceptors (Lipinski definition) is 4. The summed E-state index contributed by atoms with van der Waals surface area (Å²) in [6.07, 6.45) is 0. The second-order valence-electron chi connectivity index (χ2n) is 3.31. The minimum atomic E-state index is -3.65. The number of aryl methyl sites for hydroxylation is 1. The Hall–Kier alpha value is -1.41. The summed E-state index contributed by atoms with van der Waals surface area (Å²) in [5.74, 6) is 0.569. The van der Waals surface area contributed by atoms with Crippen LogP contribution in [0, 0.1) is 6.92 Å². The number of aromatic nitrogens is 3. The molecule has 0 saturated carbocycles. The summed E-state index contributed by atoms with van der Waals surface area (Å²) in [6.45, 7) is 1.68. The first kappa shape index (κ1) is 12.1. The van der Waals surface area contributed by atoms with E-state index in [1.807, 2.05) is 0 Å². The summed E-state index contributed by atoms with van der Waals surface area (Å²) >= 11 is 3.21. The monoisotopic (exact) mass is 316 g/mol. The van der Waals surface area contributed by atoms with Gasteiger partial charge in [-0.1, -0.05) is 22.0 Å². The number of rotatable bonds is 3. The van der Waals surface area contributed by atoms with E-state index < -0.39 is 10.0 Å². The molecule has 0 unspecified atom stereocenters. The first-order valence-electron chi connectivity index (χ1n) is 4.65. The van der Waals surface area contributed by atoms with Gasteiger partial charge in [0.25, 0.3) is 16.0 Å². The maximum atomic E-state index is 11.9. The average Bonchev–Trinajstić information content (AvgIpc) is 2.63. The van der Waals surface area contributed by atoms with E-state index in [9.17, 15) is 8.42 Å². The molecule has 0 spiro atoms. The zero-order valence-electron chi connectivity index (χ0n) is 8.81. The Morgan fingerprint density at radius 2 is 2.18 bits per heavy atom. The molecular formula is C9H9BrN4O2S. The van der Waals surface area contributed by atoms with Crippen molar-refractivity contribution in [1.29, 1.82) is 0 Å². The first-order chi connectivity index (χ1) is 7.97. The fourth-order valence-electron chi connectivity index (χ4n) is 1.20. The van der Waals surface area contributed by atoms with Crippen LogP contribution in [0.4, 0.5) is 5.95 Å². The van der Waals surface area contributed by atoms with Crippen molar-refractivity contribution in [1.82, 2.24) is 15.2 Å². The predicted molar refractivity (Wildman–Crippen MR) is 66.1 cm³/mol. The number of halogens is 1. The molecule has 2 N–H and O–H groups in total. The van der Waals surface area contributed by atoms with Gasteiger partial charge in [0.1, 0.15) is 5.82 Å². The van der Waals surface area contributed by atoms with Crippen molar-refractivity contribution in [2.45, 2.75) is 11.8 Å². The van der Waals surface area contributed by atoms with Gasteiger partial charge in [-0.3, -0.25) is 5.10 Å². The Kier molecular flexibility index (Phi) is 3.16. The smallest absolute Gasteiger partial charge is 0.261 e. The lowest BCUT2D eigenvalue weighted by atomic mass is 10.4. The fourth-order valence-corrected chi connectivity index (χ4v) is 2.74. The third-order valence-corrected chi connectivity index (χ3v) is 3.75. The van der Waals surface area contributed by atoms with E-state index in [0.717, 1.165) is 0 Å². The number of nitrogens with zero attached hydrogens (tertiary/aromatic N) is 2. The summed E-state index contributed by atoms with van der Waals surface area (Å²) in [6, 6.07) is 6.38. The fraction of sp³-hybridized carbons (Fsp3) is 0.111. The van der Waals surface area contributed by atoms with Gasteiger partial charge in [0.15, 0.2) is 0 Å². The van der Waals surface area contributed by atoms with E-state index in [4.69, 9.17) is 0 Å². The van der Waals surface area contributed by atoms with Gasteiger partial charge in [0, 0.05) is 4.47 Å². The van der Waals surface area contributed by atoms with Crippen molar-refractivity contribution < 1.29 is 8.42 Å². The predicted octanol–water partition coefficient (Wildman–Crippen LogP) is 1.68. The molecule has 0 aliphatic rings. The van der Waals surface area contributed by atoms with E-state index in [2.05, 4.69) is 35.8 Å². The number of H-pyrrole nitrogens is 1. The largest absolute Gasteiger partial charge is 0.264 e. The van der Waals surface area contributed by atoms with Crippen LogP contribution in [0.1, 0.15) is 5.82 Å². The number of sulfonamides is 1. The Labute approximate surface area is 107 Å². The van der Waals surface area contributed by atoms with Crippen LogP contribution in [-0.4, -0.2) is 23.6 Å². The molecule has 6 nitrogen and oxygen atoms in total. The lowest BCUT2D eigenvalue weighted by molar-refractivity contribution is 0.601. The summed E-state index contributed by atoms with van der Waals surface area (Å²) in [4.78, 5) is 4.02. The van der Waals surface area contributed by atoms with Crippen molar-refractivity contribution >= 4 is 31.9 Å². The van der Waals surface area contributed by atoms with Crippen molar-refractivity contribution in [3.8, 4) is 0 Å². The molecule has 1 heterocycles. The van der Waals surface area contributed by atoms with Crippen LogP contribution in [0.5, 0.6) is 0 Å². The van der Waals surface area contributed by atoms with Crippen LogP contribution < -0.4 is 4.72 Å². The zero-order valence-corrected chi connectivity index (χ0v) is 11.2. The molecule has 0 fully saturated rings. The minimum Gasteiger partial charge on any atom is -0.261 e. The van der Waals surface area contributed by atoms with Crippen LogP contribution in [-0.2, 0) is 10.0 Å². The third-order valence-electron chi connectivity index (χ3n) is 1.93. The van der Waals surface area contributed by atoms with Gasteiger partial charge in [-0.15, -0.1) is 5.10 Å². The van der Waals surface area contributed by atoms with Gasteiger partial charge in [-0.25, -0.2) is 13.1 Å². The van der Waals surface area contributed by atoms with E-state index in [1.54, 1.807) is 19.1 Å². The van der Waals surface area contributed by atoms with Crippen LogP contribution in [0.25, 0.3) is 0 Å². The molecule has 0 atom stereocenters. The summed E-state index contributed by atoms with van der Waals surface area (Å²) in [5.41, 5.74) is 0. The maximum absolute atomic E-state index is 11.9. The highest BCUT2D eigenvalue weighted by atomic mass is 79.9. The molecule has 90 valence electrons. The number of nitrogens with one attached hydrogen (secondary N) is 2. The molecule has 0 aliphatic heterocycles.